The standard InChI is InChI=1S/C18H26N2O/c1-21-15-8-4-13-5-9-17(18(19)16(13)10-15)20(14-6-7-14)11-12-2-3-12/h4,8,10,12,14,17-18H,2-3,5-7,9,11,19H2,1H3. The fraction of sp³-hybridized carbons (Fsp3) is 0.667. The van der Waals surface area contributed by atoms with Gasteiger partial charge in [0.25, 0.3) is 0 Å². The van der Waals surface area contributed by atoms with Gasteiger partial charge < -0.3 is 10.5 Å². The third-order valence-electron chi connectivity index (χ3n) is 5.44. The highest BCUT2D eigenvalue weighted by Gasteiger charge is 2.41. The molecule has 2 atom stereocenters. The topological polar surface area (TPSA) is 38.5 Å². The fourth-order valence-corrected chi connectivity index (χ4v) is 3.86. The minimum atomic E-state index is 0.142. The molecule has 3 heteroatoms. The maximum atomic E-state index is 6.68. The molecule has 0 aromatic heterocycles. The molecule has 2 fully saturated rings. The van der Waals surface area contributed by atoms with Gasteiger partial charge in [0.1, 0.15) is 5.75 Å². The van der Waals surface area contributed by atoms with Gasteiger partial charge in [0, 0.05) is 24.7 Å². The van der Waals surface area contributed by atoms with Crippen LogP contribution >= 0.6 is 0 Å². The second kappa shape index (κ2) is 5.29. The summed E-state index contributed by atoms with van der Waals surface area (Å²) in [6.07, 6.45) is 7.97. The summed E-state index contributed by atoms with van der Waals surface area (Å²) in [6.45, 7) is 1.28. The summed E-state index contributed by atoms with van der Waals surface area (Å²) in [6, 6.07) is 7.91. The van der Waals surface area contributed by atoms with E-state index in [4.69, 9.17) is 10.5 Å². The molecule has 3 nitrogen and oxygen atoms in total. The van der Waals surface area contributed by atoms with Gasteiger partial charge in [-0.05, 0) is 67.7 Å². The summed E-state index contributed by atoms with van der Waals surface area (Å²) in [7, 11) is 1.73. The molecule has 114 valence electrons. The number of hydrogen-bond donors (Lipinski definition) is 1. The van der Waals surface area contributed by atoms with Crippen molar-refractivity contribution in [1.29, 1.82) is 0 Å². The van der Waals surface area contributed by atoms with Crippen LogP contribution in [0.1, 0.15) is 49.3 Å². The van der Waals surface area contributed by atoms with E-state index < -0.39 is 0 Å². The van der Waals surface area contributed by atoms with E-state index >= 15 is 0 Å². The van der Waals surface area contributed by atoms with Crippen LogP contribution in [-0.2, 0) is 6.42 Å². The molecule has 1 aromatic carbocycles. The average molecular weight is 286 g/mol. The predicted molar refractivity (Wildman–Crippen MR) is 84.5 cm³/mol. The molecule has 2 N–H and O–H groups in total. The molecule has 1 aromatic rings. The lowest BCUT2D eigenvalue weighted by Gasteiger charge is -2.40. The maximum absolute atomic E-state index is 6.68. The Morgan fingerprint density at radius 1 is 1.19 bits per heavy atom. The lowest BCUT2D eigenvalue weighted by molar-refractivity contribution is 0.139. The molecular weight excluding hydrogens is 260 g/mol. The van der Waals surface area contributed by atoms with Crippen LogP contribution < -0.4 is 10.5 Å². The number of aryl methyl sites for hydroxylation is 1. The molecule has 0 radical (unpaired) electrons. The van der Waals surface area contributed by atoms with Crippen molar-refractivity contribution in [3.8, 4) is 5.75 Å². The number of nitrogens with zero attached hydrogens (tertiary/aromatic N) is 1. The Labute approximate surface area is 127 Å². The van der Waals surface area contributed by atoms with Crippen molar-refractivity contribution < 1.29 is 4.74 Å². The lowest BCUT2D eigenvalue weighted by Crippen LogP contribution is -2.47. The highest BCUT2D eigenvalue weighted by atomic mass is 16.5. The molecule has 21 heavy (non-hydrogen) atoms. The molecule has 2 unspecified atom stereocenters. The van der Waals surface area contributed by atoms with Gasteiger partial charge in [0.15, 0.2) is 0 Å². The molecule has 0 saturated heterocycles. The van der Waals surface area contributed by atoms with Crippen LogP contribution in [0.4, 0.5) is 0 Å². The Hall–Kier alpha value is -1.06. The van der Waals surface area contributed by atoms with E-state index in [0.29, 0.717) is 6.04 Å². The smallest absolute Gasteiger partial charge is 0.119 e. The number of methoxy groups -OCH3 is 1. The number of fused-ring (bicyclic) bond motifs is 1. The molecule has 3 aliphatic carbocycles. The summed E-state index contributed by atoms with van der Waals surface area (Å²) in [5.74, 6) is 1.88. The van der Waals surface area contributed by atoms with Crippen molar-refractivity contribution in [2.75, 3.05) is 13.7 Å². The molecule has 0 heterocycles. The second-order valence-electron chi connectivity index (χ2n) is 7.07. The largest absolute Gasteiger partial charge is 0.497 e. The SMILES string of the molecule is COc1ccc2c(c1)C(N)C(N(CC1CC1)C1CC1)CC2. The predicted octanol–water partition coefficient (Wildman–Crippen LogP) is 2.88. The van der Waals surface area contributed by atoms with Gasteiger partial charge in [-0.25, -0.2) is 0 Å². The Morgan fingerprint density at radius 2 is 2.00 bits per heavy atom. The number of rotatable bonds is 5. The third kappa shape index (κ3) is 2.69. The van der Waals surface area contributed by atoms with E-state index in [1.54, 1.807) is 7.11 Å². The van der Waals surface area contributed by atoms with Gasteiger partial charge in [-0.3, -0.25) is 4.90 Å². The zero-order valence-corrected chi connectivity index (χ0v) is 12.9. The van der Waals surface area contributed by atoms with E-state index in [2.05, 4.69) is 23.1 Å². The second-order valence-corrected chi connectivity index (χ2v) is 7.07. The van der Waals surface area contributed by atoms with Crippen LogP contribution in [0.25, 0.3) is 0 Å². The van der Waals surface area contributed by atoms with Crippen LogP contribution in [0.15, 0.2) is 18.2 Å². The Kier molecular flexibility index (Phi) is 3.43. The summed E-state index contributed by atoms with van der Waals surface area (Å²) in [5.41, 5.74) is 9.41. The highest BCUT2D eigenvalue weighted by Crippen LogP contribution is 2.41. The van der Waals surface area contributed by atoms with Gasteiger partial charge in [0.05, 0.1) is 7.11 Å². The van der Waals surface area contributed by atoms with Gasteiger partial charge >= 0.3 is 0 Å². The Morgan fingerprint density at radius 3 is 2.67 bits per heavy atom. The quantitative estimate of drug-likeness (QED) is 0.904. The van der Waals surface area contributed by atoms with Crippen molar-refractivity contribution in [3.63, 3.8) is 0 Å². The molecule has 4 rings (SSSR count). The molecule has 2 saturated carbocycles. The third-order valence-corrected chi connectivity index (χ3v) is 5.44. The van der Waals surface area contributed by atoms with E-state index in [0.717, 1.165) is 24.1 Å². The Balaban J connectivity index is 1.58. The van der Waals surface area contributed by atoms with Crippen molar-refractivity contribution in [2.45, 2.75) is 56.7 Å². The number of hydrogen-bond acceptors (Lipinski definition) is 3. The zero-order valence-electron chi connectivity index (χ0n) is 12.9. The first kappa shape index (κ1) is 13.6. The minimum Gasteiger partial charge on any atom is -0.497 e. The van der Waals surface area contributed by atoms with Crippen LogP contribution in [0.5, 0.6) is 5.75 Å². The van der Waals surface area contributed by atoms with E-state index in [1.165, 1.54) is 49.8 Å². The van der Waals surface area contributed by atoms with Gasteiger partial charge in [0.2, 0.25) is 0 Å². The fourth-order valence-electron chi connectivity index (χ4n) is 3.86. The maximum Gasteiger partial charge on any atom is 0.119 e. The molecule has 3 aliphatic rings. The van der Waals surface area contributed by atoms with Crippen molar-refractivity contribution in [1.82, 2.24) is 4.90 Å². The first-order valence-electron chi connectivity index (χ1n) is 8.44. The van der Waals surface area contributed by atoms with Crippen LogP contribution in [-0.4, -0.2) is 30.6 Å². The first-order chi connectivity index (χ1) is 10.3. The van der Waals surface area contributed by atoms with Crippen LogP contribution in [0.3, 0.4) is 0 Å². The van der Waals surface area contributed by atoms with Crippen molar-refractivity contribution in [2.24, 2.45) is 11.7 Å². The van der Waals surface area contributed by atoms with Gasteiger partial charge in [-0.1, -0.05) is 6.07 Å². The molecule has 0 spiro atoms. The number of nitrogens with two attached hydrogens (primary N) is 1. The van der Waals surface area contributed by atoms with Crippen molar-refractivity contribution >= 4 is 0 Å². The van der Waals surface area contributed by atoms with Crippen LogP contribution in [0, 0.1) is 5.92 Å². The summed E-state index contributed by atoms with van der Waals surface area (Å²) in [4.78, 5) is 2.75. The summed E-state index contributed by atoms with van der Waals surface area (Å²) >= 11 is 0. The molecule has 0 aliphatic heterocycles. The van der Waals surface area contributed by atoms with Gasteiger partial charge in [-0.2, -0.15) is 0 Å². The molecule has 0 bridgehead atoms. The number of benzene rings is 1. The van der Waals surface area contributed by atoms with E-state index in [1.807, 2.05) is 0 Å². The monoisotopic (exact) mass is 286 g/mol. The summed E-state index contributed by atoms with van der Waals surface area (Å²) < 4.78 is 5.39. The van der Waals surface area contributed by atoms with E-state index in [9.17, 15) is 0 Å². The zero-order chi connectivity index (χ0) is 14.4. The van der Waals surface area contributed by atoms with Gasteiger partial charge in [-0.15, -0.1) is 0 Å². The molecular formula is C18H26N2O. The minimum absolute atomic E-state index is 0.142. The highest BCUT2D eigenvalue weighted by molar-refractivity contribution is 5.40. The lowest BCUT2D eigenvalue weighted by atomic mass is 9.83. The first-order valence-corrected chi connectivity index (χ1v) is 8.44. The average Bonchev–Trinajstić information content (AvgIpc) is 3.38. The van der Waals surface area contributed by atoms with Crippen LogP contribution in [0.2, 0.25) is 0 Å². The summed E-state index contributed by atoms with van der Waals surface area (Å²) in [5, 5.41) is 0. The normalized spacial score (nSPS) is 28.5. The van der Waals surface area contributed by atoms with Crippen molar-refractivity contribution in [3.05, 3.63) is 29.3 Å². The molecule has 0 amide bonds. The Bertz CT molecular complexity index is 522. The van der Waals surface area contributed by atoms with E-state index in [-0.39, 0.29) is 6.04 Å². The number of ether oxygens (including phenoxy) is 1.